The van der Waals surface area contributed by atoms with Crippen LogP contribution in [0.2, 0.25) is 0 Å². The minimum absolute atomic E-state index is 0.0615. The number of carbonyl (C=O) groups excluding carboxylic acids is 1. The van der Waals surface area contributed by atoms with Crippen LogP contribution in [0, 0.1) is 5.82 Å². The van der Waals surface area contributed by atoms with E-state index in [1.165, 1.54) is 18.2 Å². The topological polar surface area (TPSA) is 54.5 Å². The molecule has 0 saturated carbocycles. The Morgan fingerprint density at radius 1 is 1.14 bits per heavy atom. The highest BCUT2D eigenvalue weighted by Gasteiger charge is 2.32. The maximum absolute atomic E-state index is 12.9. The predicted octanol–water partition coefficient (Wildman–Crippen LogP) is 3.99. The summed E-state index contributed by atoms with van der Waals surface area (Å²) in [6, 6.07) is 7.67. The zero-order valence-corrected chi connectivity index (χ0v) is 14.9. The number of hydrogen-bond donors (Lipinski definition) is 1. The van der Waals surface area contributed by atoms with Gasteiger partial charge in [-0.05, 0) is 35.9 Å². The zero-order valence-electron chi connectivity index (χ0n) is 14.9. The molecule has 1 fully saturated rings. The van der Waals surface area contributed by atoms with Gasteiger partial charge in [0.15, 0.2) is 0 Å². The van der Waals surface area contributed by atoms with Crippen molar-refractivity contribution in [1.82, 2.24) is 15.2 Å². The van der Waals surface area contributed by atoms with Gasteiger partial charge in [0.1, 0.15) is 23.4 Å². The number of nitrogens with one attached hydrogen (secondary N) is 1. The van der Waals surface area contributed by atoms with Crippen molar-refractivity contribution in [3.63, 3.8) is 0 Å². The van der Waals surface area contributed by atoms with E-state index in [4.69, 9.17) is 4.74 Å². The monoisotopic (exact) mass is 397 g/mol. The van der Waals surface area contributed by atoms with Crippen molar-refractivity contribution in [2.75, 3.05) is 13.1 Å². The number of nitrogens with zero attached hydrogens (tertiary/aromatic N) is 2. The molecule has 0 radical (unpaired) electrons. The van der Waals surface area contributed by atoms with Crippen LogP contribution >= 0.6 is 0 Å². The van der Waals surface area contributed by atoms with E-state index in [9.17, 15) is 22.4 Å². The predicted molar refractivity (Wildman–Crippen MR) is 93.1 cm³/mol. The van der Waals surface area contributed by atoms with Gasteiger partial charge in [-0.15, -0.1) is 0 Å². The van der Waals surface area contributed by atoms with Crippen LogP contribution in [0.25, 0.3) is 0 Å². The Labute approximate surface area is 159 Å². The van der Waals surface area contributed by atoms with Crippen LogP contribution in [0.15, 0.2) is 42.6 Å². The van der Waals surface area contributed by atoms with E-state index in [2.05, 4.69) is 10.3 Å². The van der Waals surface area contributed by atoms with Crippen molar-refractivity contribution in [2.45, 2.75) is 31.7 Å². The summed E-state index contributed by atoms with van der Waals surface area (Å²) in [5, 5.41) is 2.68. The number of pyridine rings is 1. The maximum atomic E-state index is 12.9. The standard InChI is InChI=1S/C19H19F4N3O2/c20-14-2-4-15(5-3-14)28-16-7-9-26(10-8-16)18(27)25-12-13-1-6-17(24-11-13)19(21,22)23/h1-6,11,16H,7-10,12H2,(H,25,27). The molecule has 2 aromatic rings. The van der Waals surface area contributed by atoms with Crippen LogP contribution in [0.3, 0.4) is 0 Å². The Morgan fingerprint density at radius 2 is 1.82 bits per heavy atom. The highest BCUT2D eigenvalue weighted by molar-refractivity contribution is 5.74. The lowest BCUT2D eigenvalue weighted by Crippen LogP contribution is -2.46. The Bertz CT molecular complexity index is 786. The van der Waals surface area contributed by atoms with E-state index >= 15 is 0 Å². The number of carbonyl (C=O) groups is 1. The number of halogens is 4. The highest BCUT2D eigenvalue weighted by atomic mass is 19.4. The first kappa shape index (κ1) is 19.9. The number of amides is 2. The van der Waals surface area contributed by atoms with Gasteiger partial charge in [-0.1, -0.05) is 6.07 Å². The molecular weight excluding hydrogens is 378 g/mol. The summed E-state index contributed by atoms with van der Waals surface area (Å²) in [4.78, 5) is 17.2. The lowest BCUT2D eigenvalue weighted by molar-refractivity contribution is -0.141. The number of hydrogen-bond acceptors (Lipinski definition) is 3. The van der Waals surface area contributed by atoms with Gasteiger partial charge in [0.25, 0.3) is 0 Å². The van der Waals surface area contributed by atoms with E-state index in [1.807, 2.05) is 0 Å². The minimum atomic E-state index is -4.48. The summed E-state index contributed by atoms with van der Waals surface area (Å²) in [5.74, 6) is 0.251. The average molecular weight is 397 g/mol. The third-order valence-electron chi connectivity index (χ3n) is 4.40. The SMILES string of the molecule is O=C(NCc1ccc(C(F)(F)F)nc1)N1CCC(Oc2ccc(F)cc2)CC1. The maximum Gasteiger partial charge on any atom is 0.433 e. The molecule has 9 heteroatoms. The Morgan fingerprint density at radius 3 is 2.39 bits per heavy atom. The second-order valence-electron chi connectivity index (χ2n) is 6.47. The molecule has 2 amide bonds. The number of urea groups is 1. The molecule has 2 heterocycles. The molecule has 1 saturated heterocycles. The normalized spacial score (nSPS) is 15.4. The van der Waals surface area contributed by atoms with Gasteiger partial charge < -0.3 is 15.0 Å². The molecule has 0 aliphatic carbocycles. The lowest BCUT2D eigenvalue weighted by Gasteiger charge is -2.32. The van der Waals surface area contributed by atoms with Crippen molar-refractivity contribution in [2.24, 2.45) is 0 Å². The molecule has 1 N–H and O–H groups in total. The van der Waals surface area contributed by atoms with Crippen LogP contribution in [0.5, 0.6) is 5.75 Å². The van der Waals surface area contributed by atoms with E-state index in [-0.39, 0.29) is 24.5 Å². The van der Waals surface area contributed by atoms with Crippen LogP contribution in [-0.2, 0) is 12.7 Å². The molecule has 0 atom stereocenters. The van der Waals surface area contributed by atoms with Gasteiger partial charge in [0, 0.05) is 38.7 Å². The number of likely N-dealkylation sites (tertiary alicyclic amines) is 1. The molecule has 28 heavy (non-hydrogen) atoms. The van der Waals surface area contributed by atoms with Crippen molar-refractivity contribution in [3.05, 3.63) is 59.7 Å². The number of alkyl halides is 3. The number of rotatable bonds is 4. The fourth-order valence-electron chi connectivity index (χ4n) is 2.87. The molecule has 0 bridgehead atoms. The average Bonchev–Trinajstić information content (AvgIpc) is 2.68. The van der Waals surface area contributed by atoms with E-state index in [0.717, 1.165) is 12.3 Å². The number of benzene rings is 1. The molecule has 1 aliphatic heterocycles. The Kier molecular flexibility index (Phi) is 6.01. The molecule has 3 rings (SSSR count). The summed E-state index contributed by atoms with van der Waals surface area (Å²) in [6.07, 6.45) is -2.18. The second kappa shape index (κ2) is 8.45. The van der Waals surface area contributed by atoms with Crippen molar-refractivity contribution in [1.29, 1.82) is 0 Å². The van der Waals surface area contributed by atoms with Crippen molar-refractivity contribution < 1.29 is 27.1 Å². The lowest BCUT2D eigenvalue weighted by atomic mass is 10.1. The first-order valence-electron chi connectivity index (χ1n) is 8.78. The van der Waals surface area contributed by atoms with Gasteiger partial charge in [0.05, 0.1) is 0 Å². The van der Waals surface area contributed by atoms with Crippen molar-refractivity contribution >= 4 is 6.03 Å². The fraction of sp³-hybridized carbons (Fsp3) is 0.368. The molecule has 150 valence electrons. The van der Waals surface area contributed by atoms with Gasteiger partial charge in [-0.3, -0.25) is 4.98 Å². The second-order valence-corrected chi connectivity index (χ2v) is 6.47. The van der Waals surface area contributed by atoms with Crippen molar-refractivity contribution in [3.8, 4) is 5.75 Å². The largest absolute Gasteiger partial charge is 0.490 e. The van der Waals surface area contributed by atoms with E-state index in [1.54, 1.807) is 17.0 Å². The zero-order chi connectivity index (χ0) is 20.1. The number of aromatic nitrogens is 1. The van der Waals surface area contributed by atoms with E-state index < -0.39 is 11.9 Å². The molecule has 1 aliphatic rings. The molecule has 1 aromatic heterocycles. The van der Waals surface area contributed by atoms with Gasteiger partial charge in [0.2, 0.25) is 0 Å². The summed E-state index contributed by atoms with van der Waals surface area (Å²) >= 11 is 0. The third-order valence-corrected chi connectivity index (χ3v) is 4.40. The van der Waals surface area contributed by atoms with Crippen LogP contribution < -0.4 is 10.1 Å². The fourth-order valence-corrected chi connectivity index (χ4v) is 2.87. The van der Waals surface area contributed by atoms with Gasteiger partial charge >= 0.3 is 12.2 Å². The molecule has 1 aromatic carbocycles. The van der Waals surface area contributed by atoms with Crippen LogP contribution in [0.4, 0.5) is 22.4 Å². The number of piperidine rings is 1. The van der Waals surface area contributed by atoms with Crippen LogP contribution in [-0.4, -0.2) is 35.1 Å². The van der Waals surface area contributed by atoms with Gasteiger partial charge in [-0.25, -0.2) is 9.18 Å². The van der Waals surface area contributed by atoms with Gasteiger partial charge in [-0.2, -0.15) is 13.2 Å². The summed E-state index contributed by atoms with van der Waals surface area (Å²) in [5.41, 5.74) is -0.485. The summed E-state index contributed by atoms with van der Waals surface area (Å²) in [6.45, 7) is 1.07. The number of ether oxygens (including phenoxy) is 1. The first-order valence-corrected chi connectivity index (χ1v) is 8.78. The molecule has 5 nitrogen and oxygen atoms in total. The molecular formula is C19H19F4N3O2. The molecule has 0 spiro atoms. The summed E-state index contributed by atoms with van der Waals surface area (Å²) in [7, 11) is 0. The van der Waals surface area contributed by atoms with E-state index in [0.29, 0.717) is 37.2 Å². The minimum Gasteiger partial charge on any atom is -0.490 e. The quantitative estimate of drug-likeness (QED) is 0.794. The van der Waals surface area contributed by atoms with Crippen LogP contribution in [0.1, 0.15) is 24.1 Å². The Hall–Kier alpha value is -2.84. The summed E-state index contributed by atoms with van der Waals surface area (Å²) < 4.78 is 56.2. The smallest absolute Gasteiger partial charge is 0.433 e. The first-order chi connectivity index (χ1) is 13.3. The third kappa shape index (κ3) is 5.34. The molecule has 0 unspecified atom stereocenters. The Balaban J connectivity index is 1.43. The highest BCUT2D eigenvalue weighted by Crippen LogP contribution is 2.27.